The fraction of sp³-hybridized carbons (Fsp3) is 0.300. The minimum absolute atomic E-state index is 0.135. The molecule has 0 aliphatic carbocycles. The molecule has 0 radical (unpaired) electrons. The lowest BCUT2D eigenvalue weighted by atomic mass is 9.97. The van der Waals surface area contributed by atoms with Gasteiger partial charge in [0.2, 0.25) is 0 Å². The number of esters is 1. The van der Waals surface area contributed by atoms with Gasteiger partial charge in [0, 0.05) is 24.2 Å². The molecule has 0 bridgehead atoms. The molecule has 2 aliphatic heterocycles. The van der Waals surface area contributed by atoms with Crippen molar-refractivity contribution in [3.8, 4) is 0 Å². The van der Waals surface area contributed by atoms with Gasteiger partial charge in [-0.2, -0.15) is 8.42 Å². The second kappa shape index (κ2) is 7.76. The van der Waals surface area contributed by atoms with Crippen LogP contribution in [-0.2, 0) is 26.2 Å². The van der Waals surface area contributed by atoms with Crippen LogP contribution < -0.4 is 0 Å². The van der Waals surface area contributed by atoms with Crippen LogP contribution in [0.4, 0.5) is 4.39 Å². The zero-order valence-corrected chi connectivity index (χ0v) is 16.9. The van der Waals surface area contributed by atoms with Crippen molar-refractivity contribution < 1.29 is 22.3 Å². The highest BCUT2D eigenvalue weighted by Crippen LogP contribution is 2.30. The number of ether oxygens (including phenoxy) is 1. The summed E-state index contributed by atoms with van der Waals surface area (Å²) in [6.45, 7) is 0.622. The van der Waals surface area contributed by atoms with Gasteiger partial charge in [0.05, 0.1) is 10.9 Å². The maximum atomic E-state index is 13.9. The molecule has 0 N–H and O–H groups in total. The molecule has 0 aromatic heterocycles. The first-order valence-electron chi connectivity index (χ1n) is 9.15. The highest BCUT2D eigenvalue weighted by Gasteiger charge is 2.35. The lowest BCUT2D eigenvalue weighted by Crippen LogP contribution is -2.42. The molecule has 2 heterocycles. The van der Waals surface area contributed by atoms with E-state index in [2.05, 4.69) is 4.40 Å². The van der Waals surface area contributed by atoms with Crippen LogP contribution in [0.25, 0.3) is 0 Å². The monoisotopic (exact) mass is 436 g/mol. The van der Waals surface area contributed by atoms with Gasteiger partial charge in [-0.1, -0.05) is 29.8 Å². The average Bonchev–Trinajstić information content (AvgIpc) is 2.99. The molecular weight excluding hydrogens is 419 g/mol. The third-order valence-electron chi connectivity index (χ3n) is 5.09. The quantitative estimate of drug-likeness (QED) is 0.689. The molecule has 4 rings (SSSR count). The number of benzene rings is 2. The first-order chi connectivity index (χ1) is 13.9. The third-order valence-corrected chi connectivity index (χ3v) is 6.77. The van der Waals surface area contributed by atoms with E-state index in [0.29, 0.717) is 30.8 Å². The van der Waals surface area contributed by atoms with E-state index in [-0.39, 0.29) is 28.6 Å². The molecule has 1 saturated heterocycles. The van der Waals surface area contributed by atoms with Crippen LogP contribution in [-0.4, -0.2) is 38.2 Å². The molecule has 9 heteroatoms. The van der Waals surface area contributed by atoms with Gasteiger partial charge in [0.1, 0.15) is 17.3 Å². The summed E-state index contributed by atoms with van der Waals surface area (Å²) >= 11 is 5.97. The summed E-state index contributed by atoms with van der Waals surface area (Å²) in [4.78, 5) is 14.5. The largest absolute Gasteiger partial charge is 0.460 e. The Hall–Kier alpha value is -2.45. The molecule has 6 nitrogen and oxygen atoms in total. The zero-order valence-electron chi connectivity index (χ0n) is 15.3. The summed E-state index contributed by atoms with van der Waals surface area (Å²) in [6.07, 6.45) is 1.28. The van der Waals surface area contributed by atoms with E-state index in [0.717, 1.165) is 0 Å². The minimum Gasteiger partial charge on any atom is -0.460 e. The molecule has 0 spiro atoms. The number of sulfonamides is 1. The van der Waals surface area contributed by atoms with Gasteiger partial charge < -0.3 is 9.64 Å². The second-order valence-electron chi connectivity index (χ2n) is 6.98. The van der Waals surface area contributed by atoms with Crippen molar-refractivity contribution in [1.82, 2.24) is 4.90 Å². The average molecular weight is 437 g/mol. The maximum absolute atomic E-state index is 13.9. The van der Waals surface area contributed by atoms with Crippen molar-refractivity contribution in [2.75, 3.05) is 13.1 Å². The Balaban J connectivity index is 1.47. The van der Waals surface area contributed by atoms with Crippen molar-refractivity contribution in [2.45, 2.75) is 24.3 Å². The predicted molar refractivity (Wildman–Crippen MR) is 106 cm³/mol. The zero-order chi connectivity index (χ0) is 20.6. The highest BCUT2D eigenvalue weighted by molar-refractivity contribution is 7.90. The molecular formula is C20H18ClFN2O4S. The first kappa shape index (κ1) is 19.8. The standard InChI is InChI=1S/C20H18ClFN2O4S/c21-16-7-3-8-17(22)15(16)12-28-20(25)13-5-4-10-24(11-13)19-14-6-1-2-9-18(14)29(26,27)23-19/h1-3,6-9,13H,4-5,10-12H2. The fourth-order valence-electron chi connectivity index (χ4n) is 3.61. The van der Waals surface area contributed by atoms with Crippen molar-refractivity contribution in [2.24, 2.45) is 10.3 Å². The van der Waals surface area contributed by atoms with Gasteiger partial charge in [0.15, 0.2) is 5.84 Å². The van der Waals surface area contributed by atoms with Crippen molar-refractivity contribution in [1.29, 1.82) is 0 Å². The SMILES string of the molecule is O=C(OCc1c(F)cccc1Cl)C1CCCN(C2=NS(=O)(=O)c3ccccc32)C1. The second-order valence-corrected chi connectivity index (χ2v) is 8.96. The van der Waals surface area contributed by atoms with E-state index in [9.17, 15) is 17.6 Å². The summed E-state index contributed by atoms with van der Waals surface area (Å²) in [7, 11) is -3.72. The predicted octanol–water partition coefficient (Wildman–Crippen LogP) is 3.38. The van der Waals surface area contributed by atoms with Crippen LogP contribution in [0.3, 0.4) is 0 Å². The summed E-state index contributed by atoms with van der Waals surface area (Å²) in [5.74, 6) is -1.11. The van der Waals surface area contributed by atoms with E-state index in [1.807, 2.05) is 0 Å². The van der Waals surface area contributed by atoms with Crippen molar-refractivity contribution in [3.05, 3.63) is 64.4 Å². The molecule has 1 fully saturated rings. The normalized spacial score (nSPS) is 20.1. The molecule has 1 atom stereocenters. The lowest BCUT2D eigenvalue weighted by Gasteiger charge is -2.33. The molecule has 2 aromatic rings. The molecule has 2 aliphatic rings. The summed E-state index contributed by atoms with van der Waals surface area (Å²) in [5.41, 5.74) is 0.676. The molecule has 1 unspecified atom stereocenters. The van der Waals surface area contributed by atoms with Gasteiger partial charge >= 0.3 is 5.97 Å². The van der Waals surface area contributed by atoms with Gasteiger partial charge in [-0.15, -0.1) is 4.40 Å². The number of piperidine rings is 1. The Labute approximate surface area is 173 Å². The third kappa shape index (κ3) is 3.86. The summed E-state index contributed by atoms with van der Waals surface area (Å²) in [6, 6.07) is 10.9. The van der Waals surface area contributed by atoms with E-state index >= 15 is 0 Å². The fourth-order valence-corrected chi connectivity index (χ4v) is 5.06. The van der Waals surface area contributed by atoms with Crippen molar-refractivity contribution >= 4 is 33.4 Å². The van der Waals surface area contributed by atoms with Crippen LogP contribution >= 0.6 is 11.6 Å². The Morgan fingerprint density at radius 1 is 1.24 bits per heavy atom. The Morgan fingerprint density at radius 2 is 2.03 bits per heavy atom. The number of rotatable bonds is 3. The number of carbonyl (C=O) groups is 1. The number of halogens is 2. The number of likely N-dealkylation sites (tertiary alicyclic amines) is 1. The Morgan fingerprint density at radius 3 is 2.83 bits per heavy atom. The number of nitrogens with zero attached hydrogens (tertiary/aromatic N) is 2. The maximum Gasteiger partial charge on any atom is 0.311 e. The molecule has 29 heavy (non-hydrogen) atoms. The number of carbonyl (C=O) groups excluding carboxylic acids is 1. The van der Waals surface area contributed by atoms with E-state index < -0.39 is 27.7 Å². The van der Waals surface area contributed by atoms with E-state index in [1.54, 1.807) is 23.1 Å². The van der Waals surface area contributed by atoms with Gasteiger partial charge in [-0.05, 0) is 37.1 Å². The van der Waals surface area contributed by atoms with E-state index in [4.69, 9.17) is 16.3 Å². The van der Waals surface area contributed by atoms with Crippen LogP contribution in [0, 0.1) is 11.7 Å². The van der Waals surface area contributed by atoms with Crippen LogP contribution in [0.2, 0.25) is 5.02 Å². The number of hydrogen-bond acceptors (Lipinski definition) is 5. The molecule has 0 amide bonds. The topological polar surface area (TPSA) is 76.0 Å². The van der Waals surface area contributed by atoms with Crippen molar-refractivity contribution in [3.63, 3.8) is 0 Å². The van der Waals surface area contributed by atoms with Crippen LogP contribution in [0.1, 0.15) is 24.0 Å². The smallest absolute Gasteiger partial charge is 0.311 e. The van der Waals surface area contributed by atoms with Gasteiger partial charge in [0.25, 0.3) is 10.0 Å². The molecule has 0 saturated carbocycles. The summed E-state index contributed by atoms with van der Waals surface area (Å²) < 4.78 is 47.7. The van der Waals surface area contributed by atoms with Crippen LogP contribution in [0.15, 0.2) is 51.8 Å². The van der Waals surface area contributed by atoms with E-state index in [1.165, 1.54) is 24.3 Å². The summed E-state index contributed by atoms with van der Waals surface area (Å²) in [5, 5.41) is 0.199. The Bertz CT molecular complexity index is 1080. The minimum atomic E-state index is -3.72. The lowest BCUT2D eigenvalue weighted by molar-refractivity contribution is -0.151. The number of hydrogen-bond donors (Lipinski definition) is 0. The molecule has 2 aromatic carbocycles. The number of fused-ring (bicyclic) bond motifs is 1. The Kier molecular flexibility index (Phi) is 5.31. The highest BCUT2D eigenvalue weighted by atomic mass is 35.5. The first-order valence-corrected chi connectivity index (χ1v) is 11.0. The van der Waals surface area contributed by atoms with Gasteiger partial charge in [-0.3, -0.25) is 4.79 Å². The number of amidine groups is 1. The van der Waals surface area contributed by atoms with Crippen LogP contribution in [0.5, 0.6) is 0 Å². The van der Waals surface area contributed by atoms with Gasteiger partial charge in [-0.25, -0.2) is 4.39 Å². The molecule has 152 valence electrons.